The second-order valence-corrected chi connectivity index (χ2v) is 5.65. The van der Waals surface area contributed by atoms with Crippen LogP contribution in [0.2, 0.25) is 0 Å². The number of hydrogen-bond donors (Lipinski definition) is 1. The maximum absolute atomic E-state index is 13.9. The minimum absolute atomic E-state index is 0.00689. The quantitative estimate of drug-likeness (QED) is 0.866. The summed E-state index contributed by atoms with van der Waals surface area (Å²) in [6.45, 7) is 1.69. The van der Waals surface area contributed by atoms with Crippen LogP contribution in [0.1, 0.15) is 5.69 Å². The lowest BCUT2D eigenvalue weighted by Gasteiger charge is -2.36. The Bertz CT molecular complexity index is 749. The van der Waals surface area contributed by atoms with Crippen molar-refractivity contribution in [3.63, 3.8) is 0 Å². The number of rotatable bonds is 3. The number of nitrogens with zero attached hydrogens (tertiary/aromatic N) is 3. The van der Waals surface area contributed by atoms with Crippen LogP contribution in [0.4, 0.5) is 23.7 Å². The van der Waals surface area contributed by atoms with Gasteiger partial charge in [-0.1, -0.05) is 6.07 Å². The number of carbonyl (C=O) groups is 1. The van der Waals surface area contributed by atoms with Crippen LogP contribution in [-0.2, 0) is 6.54 Å². The lowest BCUT2D eigenvalue weighted by atomic mass is 10.2. The van der Waals surface area contributed by atoms with Gasteiger partial charge in [0.15, 0.2) is 17.5 Å². The molecule has 0 bridgehead atoms. The second-order valence-electron chi connectivity index (χ2n) is 5.65. The van der Waals surface area contributed by atoms with E-state index in [1.807, 2.05) is 12.1 Å². The van der Waals surface area contributed by atoms with Crippen LogP contribution in [0.3, 0.4) is 0 Å². The van der Waals surface area contributed by atoms with Gasteiger partial charge in [0.1, 0.15) is 0 Å². The van der Waals surface area contributed by atoms with Gasteiger partial charge in [-0.05, 0) is 24.3 Å². The lowest BCUT2D eigenvalue weighted by Crippen LogP contribution is -2.52. The predicted octanol–water partition coefficient (Wildman–Crippen LogP) is 2.53. The number of amides is 2. The third kappa shape index (κ3) is 3.84. The Labute approximate surface area is 143 Å². The van der Waals surface area contributed by atoms with Crippen molar-refractivity contribution in [2.75, 3.05) is 31.1 Å². The first-order valence-corrected chi connectivity index (χ1v) is 7.87. The van der Waals surface area contributed by atoms with Gasteiger partial charge in [0.05, 0.1) is 17.9 Å². The highest BCUT2D eigenvalue weighted by Crippen LogP contribution is 2.24. The van der Waals surface area contributed by atoms with Crippen LogP contribution in [-0.4, -0.2) is 42.1 Å². The van der Waals surface area contributed by atoms with Gasteiger partial charge in [-0.2, -0.15) is 0 Å². The molecule has 2 heterocycles. The molecule has 8 heteroatoms. The molecule has 1 N–H and O–H groups in total. The van der Waals surface area contributed by atoms with Crippen molar-refractivity contribution in [1.29, 1.82) is 0 Å². The fourth-order valence-corrected chi connectivity index (χ4v) is 2.69. The normalized spacial score (nSPS) is 14.5. The van der Waals surface area contributed by atoms with E-state index < -0.39 is 17.5 Å². The number of pyridine rings is 1. The third-order valence-electron chi connectivity index (χ3n) is 4.07. The minimum atomic E-state index is -1.48. The molecule has 25 heavy (non-hydrogen) atoms. The molecule has 0 spiro atoms. The van der Waals surface area contributed by atoms with E-state index in [2.05, 4.69) is 10.3 Å². The highest BCUT2D eigenvalue weighted by Gasteiger charge is 2.24. The van der Waals surface area contributed by atoms with Gasteiger partial charge >= 0.3 is 6.03 Å². The van der Waals surface area contributed by atoms with Gasteiger partial charge < -0.3 is 15.1 Å². The fraction of sp³-hybridized carbons (Fsp3) is 0.294. The zero-order chi connectivity index (χ0) is 17.8. The van der Waals surface area contributed by atoms with Gasteiger partial charge in [0, 0.05) is 32.4 Å². The fourth-order valence-electron chi connectivity index (χ4n) is 2.69. The van der Waals surface area contributed by atoms with Crippen LogP contribution in [0, 0.1) is 17.5 Å². The van der Waals surface area contributed by atoms with Gasteiger partial charge in [-0.25, -0.2) is 18.0 Å². The van der Waals surface area contributed by atoms with Crippen molar-refractivity contribution in [1.82, 2.24) is 15.2 Å². The molecule has 1 aromatic carbocycles. The van der Waals surface area contributed by atoms with Crippen molar-refractivity contribution < 1.29 is 18.0 Å². The van der Waals surface area contributed by atoms with Gasteiger partial charge in [-0.15, -0.1) is 0 Å². The van der Waals surface area contributed by atoms with E-state index in [0.29, 0.717) is 32.7 Å². The van der Waals surface area contributed by atoms with Crippen LogP contribution >= 0.6 is 0 Å². The summed E-state index contributed by atoms with van der Waals surface area (Å²) in [4.78, 5) is 19.5. The number of aromatic nitrogens is 1. The molecular formula is C17H17F3N4O. The summed E-state index contributed by atoms with van der Waals surface area (Å²) in [5, 5.41) is 2.77. The summed E-state index contributed by atoms with van der Waals surface area (Å²) in [7, 11) is 0. The largest absolute Gasteiger partial charge is 0.366 e. The Kier molecular flexibility index (Phi) is 5.06. The van der Waals surface area contributed by atoms with Crippen LogP contribution in [0.15, 0.2) is 36.5 Å². The Morgan fingerprint density at radius 2 is 1.80 bits per heavy atom. The molecule has 0 unspecified atom stereocenters. The van der Waals surface area contributed by atoms with Crippen LogP contribution < -0.4 is 10.2 Å². The van der Waals surface area contributed by atoms with Gasteiger partial charge in [-0.3, -0.25) is 4.98 Å². The topological polar surface area (TPSA) is 48.5 Å². The Morgan fingerprint density at radius 1 is 1.04 bits per heavy atom. The zero-order valence-corrected chi connectivity index (χ0v) is 13.4. The summed E-state index contributed by atoms with van der Waals surface area (Å²) in [6, 6.07) is 7.32. The molecule has 3 rings (SSSR count). The van der Waals surface area contributed by atoms with E-state index in [4.69, 9.17) is 0 Å². The molecule has 0 saturated carbocycles. The average molecular weight is 350 g/mol. The number of anilines is 1. The third-order valence-corrected chi connectivity index (χ3v) is 4.07. The molecule has 2 aromatic rings. The van der Waals surface area contributed by atoms with E-state index in [-0.39, 0.29) is 11.7 Å². The molecule has 5 nitrogen and oxygen atoms in total. The number of urea groups is 1. The van der Waals surface area contributed by atoms with Crippen molar-refractivity contribution >= 4 is 11.7 Å². The Morgan fingerprint density at radius 3 is 2.48 bits per heavy atom. The molecule has 1 aliphatic rings. The number of benzene rings is 1. The number of halogens is 3. The number of carbonyl (C=O) groups excluding carboxylic acids is 1. The predicted molar refractivity (Wildman–Crippen MR) is 86.6 cm³/mol. The molecule has 2 amide bonds. The molecule has 132 valence electrons. The lowest BCUT2D eigenvalue weighted by molar-refractivity contribution is 0.193. The smallest absolute Gasteiger partial charge is 0.317 e. The summed E-state index contributed by atoms with van der Waals surface area (Å²) in [5.41, 5.74) is 0.755. The molecule has 0 atom stereocenters. The van der Waals surface area contributed by atoms with Crippen molar-refractivity contribution in [2.24, 2.45) is 0 Å². The average Bonchev–Trinajstić information content (AvgIpc) is 2.65. The SMILES string of the molecule is O=C(NCc1ccccn1)N1CCN(c2ccc(F)c(F)c2F)CC1. The molecule has 1 fully saturated rings. The summed E-state index contributed by atoms with van der Waals surface area (Å²) >= 11 is 0. The summed E-state index contributed by atoms with van der Waals surface area (Å²) in [6.07, 6.45) is 1.65. The molecular weight excluding hydrogens is 333 g/mol. The number of hydrogen-bond acceptors (Lipinski definition) is 3. The molecule has 1 aromatic heterocycles. The minimum Gasteiger partial charge on any atom is -0.366 e. The zero-order valence-electron chi connectivity index (χ0n) is 13.4. The Hall–Kier alpha value is -2.77. The second kappa shape index (κ2) is 7.42. The highest BCUT2D eigenvalue weighted by atomic mass is 19.2. The first-order valence-electron chi connectivity index (χ1n) is 7.87. The molecule has 1 aliphatic heterocycles. The van der Waals surface area contributed by atoms with Gasteiger partial charge in [0.2, 0.25) is 0 Å². The van der Waals surface area contributed by atoms with E-state index >= 15 is 0 Å². The summed E-state index contributed by atoms with van der Waals surface area (Å²) in [5.74, 6) is -3.89. The van der Waals surface area contributed by atoms with Gasteiger partial charge in [0.25, 0.3) is 0 Å². The Balaban J connectivity index is 1.55. The molecule has 0 aliphatic carbocycles. The van der Waals surface area contributed by atoms with E-state index in [1.165, 1.54) is 6.07 Å². The van der Waals surface area contributed by atoms with Crippen molar-refractivity contribution in [3.05, 3.63) is 59.7 Å². The van der Waals surface area contributed by atoms with E-state index in [9.17, 15) is 18.0 Å². The molecule has 1 saturated heterocycles. The monoisotopic (exact) mass is 350 g/mol. The maximum atomic E-state index is 13.9. The first kappa shape index (κ1) is 17.1. The van der Waals surface area contributed by atoms with E-state index in [1.54, 1.807) is 22.1 Å². The number of nitrogens with one attached hydrogen (secondary N) is 1. The van der Waals surface area contributed by atoms with Crippen molar-refractivity contribution in [3.8, 4) is 0 Å². The molecule has 0 radical (unpaired) electrons. The van der Waals surface area contributed by atoms with Crippen molar-refractivity contribution in [2.45, 2.75) is 6.54 Å². The number of piperazine rings is 1. The van der Waals surface area contributed by atoms with E-state index in [0.717, 1.165) is 11.8 Å². The van der Waals surface area contributed by atoms with Crippen LogP contribution in [0.25, 0.3) is 0 Å². The van der Waals surface area contributed by atoms with Crippen LogP contribution in [0.5, 0.6) is 0 Å². The first-order chi connectivity index (χ1) is 12.1. The maximum Gasteiger partial charge on any atom is 0.317 e. The standard InChI is InChI=1S/C17H17F3N4O/c18-13-4-5-14(16(20)15(13)19)23-7-9-24(10-8-23)17(25)22-11-12-3-1-2-6-21-12/h1-6H,7-11H2,(H,22,25). The highest BCUT2D eigenvalue weighted by molar-refractivity contribution is 5.74. The summed E-state index contributed by atoms with van der Waals surface area (Å²) < 4.78 is 40.2.